The molecule has 0 saturated heterocycles. The molecule has 0 aliphatic carbocycles. The SMILES string of the molecule is CCc1cc(CCl)cc(OCc2cccs2)n1. The number of pyridine rings is 1. The molecule has 0 atom stereocenters. The molecular weight excluding hydrogens is 254 g/mol. The summed E-state index contributed by atoms with van der Waals surface area (Å²) >= 11 is 7.53. The lowest BCUT2D eigenvalue weighted by atomic mass is 10.2. The fourth-order valence-corrected chi connectivity index (χ4v) is 2.26. The Morgan fingerprint density at radius 1 is 1.41 bits per heavy atom. The molecule has 0 aliphatic rings. The molecular formula is C13H14ClNOS. The molecule has 4 heteroatoms. The molecule has 0 spiro atoms. The number of nitrogens with zero attached hydrogens (tertiary/aromatic N) is 1. The molecule has 17 heavy (non-hydrogen) atoms. The van der Waals surface area contributed by atoms with E-state index in [1.54, 1.807) is 11.3 Å². The van der Waals surface area contributed by atoms with Gasteiger partial charge in [-0.25, -0.2) is 4.98 Å². The summed E-state index contributed by atoms with van der Waals surface area (Å²) < 4.78 is 5.68. The maximum absolute atomic E-state index is 5.85. The highest BCUT2D eigenvalue weighted by atomic mass is 35.5. The molecule has 0 unspecified atom stereocenters. The zero-order valence-electron chi connectivity index (χ0n) is 9.65. The van der Waals surface area contributed by atoms with Crippen molar-refractivity contribution in [2.45, 2.75) is 25.8 Å². The number of rotatable bonds is 5. The summed E-state index contributed by atoms with van der Waals surface area (Å²) in [4.78, 5) is 5.62. The van der Waals surface area contributed by atoms with Crippen LogP contribution >= 0.6 is 22.9 Å². The van der Waals surface area contributed by atoms with Gasteiger partial charge in [0, 0.05) is 22.5 Å². The third-order valence-electron chi connectivity index (χ3n) is 2.37. The molecule has 0 N–H and O–H groups in total. The zero-order chi connectivity index (χ0) is 12.1. The summed E-state index contributed by atoms with van der Waals surface area (Å²) in [7, 11) is 0. The molecule has 90 valence electrons. The summed E-state index contributed by atoms with van der Waals surface area (Å²) in [6, 6.07) is 7.99. The van der Waals surface area contributed by atoms with Crippen LogP contribution in [0.3, 0.4) is 0 Å². The fourth-order valence-electron chi connectivity index (χ4n) is 1.49. The Balaban J connectivity index is 2.09. The van der Waals surface area contributed by atoms with Crippen LogP contribution in [-0.2, 0) is 18.9 Å². The topological polar surface area (TPSA) is 22.1 Å². The molecule has 0 fully saturated rings. The maximum Gasteiger partial charge on any atom is 0.214 e. The van der Waals surface area contributed by atoms with Gasteiger partial charge in [-0.15, -0.1) is 22.9 Å². The lowest BCUT2D eigenvalue weighted by Gasteiger charge is -2.07. The first-order valence-electron chi connectivity index (χ1n) is 5.52. The summed E-state index contributed by atoms with van der Waals surface area (Å²) in [5.41, 5.74) is 2.07. The van der Waals surface area contributed by atoms with Gasteiger partial charge in [-0.1, -0.05) is 13.0 Å². The predicted octanol–water partition coefficient (Wildman–Crippen LogP) is 4.02. The highest BCUT2D eigenvalue weighted by molar-refractivity contribution is 7.09. The summed E-state index contributed by atoms with van der Waals surface area (Å²) in [6.45, 7) is 2.64. The van der Waals surface area contributed by atoms with Gasteiger partial charge < -0.3 is 4.74 Å². The molecule has 2 aromatic rings. The third kappa shape index (κ3) is 3.45. The Kier molecular flexibility index (Phi) is 4.40. The van der Waals surface area contributed by atoms with E-state index in [9.17, 15) is 0 Å². The van der Waals surface area contributed by atoms with Crippen molar-refractivity contribution in [1.29, 1.82) is 0 Å². The van der Waals surface area contributed by atoms with Gasteiger partial charge >= 0.3 is 0 Å². The van der Waals surface area contributed by atoms with E-state index in [1.807, 2.05) is 23.6 Å². The summed E-state index contributed by atoms with van der Waals surface area (Å²) in [5, 5.41) is 2.04. The number of aromatic nitrogens is 1. The van der Waals surface area contributed by atoms with Crippen LogP contribution in [0.25, 0.3) is 0 Å². The minimum atomic E-state index is 0.491. The molecule has 0 bridgehead atoms. The molecule has 0 radical (unpaired) electrons. The normalized spacial score (nSPS) is 10.5. The van der Waals surface area contributed by atoms with Crippen LogP contribution in [0.2, 0.25) is 0 Å². The van der Waals surface area contributed by atoms with Crippen molar-refractivity contribution >= 4 is 22.9 Å². The van der Waals surface area contributed by atoms with E-state index >= 15 is 0 Å². The van der Waals surface area contributed by atoms with Crippen molar-refractivity contribution in [2.75, 3.05) is 0 Å². The Bertz CT molecular complexity index is 448. The second-order valence-electron chi connectivity index (χ2n) is 3.66. The number of aryl methyl sites for hydroxylation is 1. The van der Waals surface area contributed by atoms with Crippen molar-refractivity contribution in [3.05, 3.63) is 45.8 Å². The van der Waals surface area contributed by atoms with E-state index < -0.39 is 0 Å². The Hall–Kier alpha value is -1.06. The minimum Gasteiger partial charge on any atom is -0.472 e. The van der Waals surface area contributed by atoms with Crippen molar-refractivity contribution in [3.63, 3.8) is 0 Å². The molecule has 2 heterocycles. The average molecular weight is 268 g/mol. The van der Waals surface area contributed by atoms with Crippen molar-refractivity contribution in [1.82, 2.24) is 4.98 Å². The van der Waals surface area contributed by atoms with Crippen LogP contribution in [-0.4, -0.2) is 4.98 Å². The van der Waals surface area contributed by atoms with E-state index in [4.69, 9.17) is 16.3 Å². The average Bonchev–Trinajstić information content (AvgIpc) is 2.89. The smallest absolute Gasteiger partial charge is 0.214 e. The van der Waals surface area contributed by atoms with Crippen LogP contribution in [0.5, 0.6) is 5.88 Å². The van der Waals surface area contributed by atoms with Gasteiger partial charge in [-0.05, 0) is 29.5 Å². The van der Waals surface area contributed by atoms with Gasteiger partial charge in [-0.3, -0.25) is 0 Å². The zero-order valence-corrected chi connectivity index (χ0v) is 11.2. The molecule has 0 amide bonds. The van der Waals surface area contributed by atoms with Crippen molar-refractivity contribution in [3.8, 4) is 5.88 Å². The van der Waals surface area contributed by atoms with E-state index in [1.165, 1.54) is 4.88 Å². The Morgan fingerprint density at radius 2 is 2.29 bits per heavy atom. The van der Waals surface area contributed by atoms with Gasteiger partial charge in [0.2, 0.25) is 5.88 Å². The number of thiophene rings is 1. The summed E-state index contributed by atoms with van der Waals surface area (Å²) in [5.74, 6) is 1.15. The second kappa shape index (κ2) is 6.03. The van der Waals surface area contributed by atoms with Crippen molar-refractivity contribution in [2.24, 2.45) is 0 Å². The minimum absolute atomic E-state index is 0.491. The number of ether oxygens (including phenoxy) is 1. The molecule has 0 aliphatic heterocycles. The van der Waals surface area contributed by atoms with Crippen LogP contribution in [0.4, 0.5) is 0 Å². The largest absolute Gasteiger partial charge is 0.472 e. The van der Waals surface area contributed by atoms with Crippen LogP contribution in [0.15, 0.2) is 29.6 Å². The number of hydrogen-bond acceptors (Lipinski definition) is 3. The van der Waals surface area contributed by atoms with E-state index in [0.29, 0.717) is 18.4 Å². The van der Waals surface area contributed by atoms with Gasteiger partial charge in [0.05, 0.1) is 0 Å². The van der Waals surface area contributed by atoms with E-state index in [2.05, 4.69) is 18.0 Å². The highest BCUT2D eigenvalue weighted by Crippen LogP contribution is 2.17. The molecule has 2 aromatic heterocycles. The first-order chi connectivity index (χ1) is 8.31. The van der Waals surface area contributed by atoms with Crippen LogP contribution in [0.1, 0.15) is 23.1 Å². The summed E-state index contributed by atoms with van der Waals surface area (Å²) in [6.07, 6.45) is 0.889. The molecule has 0 aromatic carbocycles. The van der Waals surface area contributed by atoms with Gasteiger partial charge in [0.15, 0.2) is 0 Å². The first kappa shape index (κ1) is 12.4. The maximum atomic E-state index is 5.85. The van der Waals surface area contributed by atoms with Crippen molar-refractivity contribution < 1.29 is 4.74 Å². The Labute approximate surface area is 110 Å². The van der Waals surface area contributed by atoms with Gasteiger partial charge in [-0.2, -0.15) is 0 Å². The number of alkyl halides is 1. The third-order valence-corrected chi connectivity index (χ3v) is 3.53. The first-order valence-corrected chi connectivity index (χ1v) is 6.94. The van der Waals surface area contributed by atoms with Crippen LogP contribution < -0.4 is 4.74 Å². The molecule has 0 saturated carbocycles. The van der Waals surface area contributed by atoms with Gasteiger partial charge in [0.1, 0.15) is 6.61 Å². The second-order valence-corrected chi connectivity index (χ2v) is 4.96. The van der Waals surface area contributed by atoms with E-state index in [-0.39, 0.29) is 0 Å². The van der Waals surface area contributed by atoms with Gasteiger partial charge in [0.25, 0.3) is 0 Å². The number of halogens is 1. The van der Waals surface area contributed by atoms with E-state index in [0.717, 1.165) is 17.7 Å². The standard InChI is InChI=1S/C13H14ClNOS/c1-2-11-6-10(8-14)7-13(15-11)16-9-12-4-3-5-17-12/h3-7H,2,8-9H2,1H3. The Morgan fingerprint density at radius 3 is 2.94 bits per heavy atom. The quantitative estimate of drug-likeness (QED) is 0.764. The van der Waals surface area contributed by atoms with Crippen LogP contribution in [0, 0.1) is 0 Å². The predicted molar refractivity (Wildman–Crippen MR) is 71.8 cm³/mol. The lowest BCUT2D eigenvalue weighted by Crippen LogP contribution is -1.99. The molecule has 2 nitrogen and oxygen atoms in total. The monoisotopic (exact) mass is 267 g/mol. The lowest BCUT2D eigenvalue weighted by molar-refractivity contribution is 0.296. The highest BCUT2D eigenvalue weighted by Gasteiger charge is 2.03. The number of hydrogen-bond donors (Lipinski definition) is 0. The fraction of sp³-hybridized carbons (Fsp3) is 0.308. The molecule has 2 rings (SSSR count).